The molecule has 1 aliphatic rings. The van der Waals surface area contributed by atoms with Crippen LogP contribution >= 0.6 is 0 Å². The van der Waals surface area contributed by atoms with Crippen molar-refractivity contribution in [1.82, 2.24) is 5.32 Å². The molecule has 0 saturated heterocycles. The number of nitrogens with two attached hydrogens (primary N) is 1. The van der Waals surface area contributed by atoms with Crippen LogP contribution in [0.1, 0.15) is 43.4 Å². The highest BCUT2D eigenvalue weighted by molar-refractivity contribution is 5.84. The number of benzene rings is 1. The van der Waals surface area contributed by atoms with Gasteiger partial charge >= 0.3 is 6.18 Å². The second-order valence-electron chi connectivity index (χ2n) is 5.65. The molecule has 3 nitrogen and oxygen atoms in total. The number of amides is 1. The van der Waals surface area contributed by atoms with Gasteiger partial charge in [-0.1, -0.05) is 18.6 Å². The SMILES string of the molecule is CC(NC(=O)C1(CN)CCC1)c1ccc(C(F)(F)F)cc1. The van der Waals surface area contributed by atoms with E-state index in [1.807, 2.05) is 0 Å². The maximum Gasteiger partial charge on any atom is 0.416 e. The van der Waals surface area contributed by atoms with Gasteiger partial charge in [-0.05, 0) is 37.5 Å². The zero-order valence-electron chi connectivity index (χ0n) is 11.8. The summed E-state index contributed by atoms with van der Waals surface area (Å²) in [6.45, 7) is 2.06. The number of carbonyl (C=O) groups is 1. The van der Waals surface area contributed by atoms with Crippen molar-refractivity contribution < 1.29 is 18.0 Å². The minimum Gasteiger partial charge on any atom is -0.349 e. The van der Waals surface area contributed by atoms with Crippen molar-refractivity contribution in [3.63, 3.8) is 0 Å². The van der Waals surface area contributed by atoms with E-state index in [0.717, 1.165) is 31.4 Å². The summed E-state index contributed by atoms with van der Waals surface area (Å²) in [5.74, 6) is -0.108. The topological polar surface area (TPSA) is 55.1 Å². The average Bonchev–Trinajstić information content (AvgIpc) is 2.37. The molecule has 21 heavy (non-hydrogen) atoms. The van der Waals surface area contributed by atoms with Crippen molar-refractivity contribution in [3.05, 3.63) is 35.4 Å². The number of hydrogen-bond acceptors (Lipinski definition) is 2. The zero-order chi connectivity index (χ0) is 15.7. The lowest BCUT2D eigenvalue weighted by molar-refractivity contribution is -0.138. The number of rotatable bonds is 4. The maximum atomic E-state index is 12.5. The smallest absolute Gasteiger partial charge is 0.349 e. The van der Waals surface area contributed by atoms with Crippen LogP contribution in [0.5, 0.6) is 0 Å². The van der Waals surface area contributed by atoms with Crippen molar-refractivity contribution in [2.75, 3.05) is 6.54 Å². The van der Waals surface area contributed by atoms with Crippen LogP contribution in [0.4, 0.5) is 13.2 Å². The van der Waals surface area contributed by atoms with Gasteiger partial charge in [0, 0.05) is 6.54 Å². The Bertz CT molecular complexity index is 501. The van der Waals surface area contributed by atoms with Gasteiger partial charge in [0.2, 0.25) is 5.91 Å². The first kappa shape index (κ1) is 15.8. The van der Waals surface area contributed by atoms with E-state index in [9.17, 15) is 18.0 Å². The third kappa shape index (κ3) is 3.20. The predicted octanol–water partition coefficient (Wildman–Crippen LogP) is 3.01. The highest BCUT2D eigenvalue weighted by Gasteiger charge is 2.43. The lowest BCUT2D eigenvalue weighted by atomic mass is 9.68. The number of alkyl halides is 3. The normalized spacial score (nSPS) is 18.7. The molecule has 6 heteroatoms. The Kier molecular flexibility index (Phi) is 4.27. The van der Waals surface area contributed by atoms with Gasteiger partial charge in [-0.3, -0.25) is 4.79 Å². The highest BCUT2D eigenvalue weighted by atomic mass is 19.4. The van der Waals surface area contributed by atoms with E-state index in [1.54, 1.807) is 6.92 Å². The van der Waals surface area contributed by atoms with Crippen LogP contribution in [-0.2, 0) is 11.0 Å². The fourth-order valence-corrected chi connectivity index (χ4v) is 2.52. The number of carbonyl (C=O) groups excluding carboxylic acids is 1. The molecule has 116 valence electrons. The minimum absolute atomic E-state index is 0.108. The van der Waals surface area contributed by atoms with Crippen molar-refractivity contribution in [1.29, 1.82) is 0 Å². The molecule has 1 fully saturated rings. The Hall–Kier alpha value is -1.56. The van der Waals surface area contributed by atoms with Gasteiger partial charge in [-0.2, -0.15) is 13.2 Å². The largest absolute Gasteiger partial charge is 0.416 e. The van der Waals surface area contributed by atoms with Gasteiger partial charge in [-0.25, -0.2) is 0 Å². The van der Waals surface area contributed by atoms with Gasteiger partial charge in [0.05, 0.1) is 17.0 Å². The Balaban J connectivity index is 2.03. The van der Waals surface area contributed by atoms with Gasteiger partial charge in [0.15, 0.2) is 0 Å². The van der Waals surface area contributed by atoms with Gasteiger partial charge < -0.3 is 11.1 Å². The van der Waals surface area contributed by atoms with Gasteiger partial charge in [0.25, 0.3) is 0 Å². The van der Waals surface area contributed by atoms with Crippen LogP contribution in [-0.4, -0.2) is 12.5 Å². The Morgan fingerprint density at radius 2 is 1.90 bits per heavy atom. The van der Waals surface area contributed by atoms with E-state index in [-0.39, 0.29) is 11.9 Å². The second kappa shape index (κ2) is 5.67. The summed E-state index contributed by atoms with van der Waals surface area (Å²) in [5.41, 5.74) is 5.13. The molecule has 1 saturated carbocycles. The molecular weight excluding hydrogens is 281 g/mol. The highest BCUT2D eigenvalue weighted by Crippen LogP contribution is 2.40. The van der Waals surface area contributed by atoms with E-state index in [2.05, 4.69) is 5.32 Å². The predicted molar refractivity (Wildman–Crippen MR) is 73.3 cm³/mol. The quantitative estimate of drug-likeness (QED) is 0.898. The molecule has 2 rings (SSSR count). The Morgan fingerprint density at radius 3 is 2.29 bits per heavy atom. The molecule has 0 radical (unpaired) electrons. The molecule has 0 aromatic heterocycles. The van der Waals surface area contributed by atoms with Crippen LogP contribution in [0.15, 0.2) is 24.3 Å². The van der Waals surface area contributed by atoms with E-state index >= 15 is 0 Å². The zero-order valence-corrected chi connectivity index (χ0v) is 11.8. The lowest BCUT2D eigenvalue weighted by Gasteiger charge is -2.39. The standard InChI is InChI=1S/C15H19F3N2O/c1-10(20-13(21)14(9-19)7-2-8-14)11-3-5-12(6-4-11)15(16,17)18/h3-6,10H,2,7-9,19H2,1H3,(H,20,21). The lowest BCUT2D eigenvalue weighted by Crippen LogP contribution is -2.50. The minimum atomic E-state index is -4.35. The summed E-state index contributed by atoms with van der Waals surface area (Å²) in [6, 6.07) is 4.50. The summed E-state index contributed by atoms with van der Waals surface area (Å²) in [6.07, 6.45) is -1.82. The van der Waals surface area contributed by atoms with Crippen LogP contribution in [0.25, 0.3) is 0 Å². The van der Waals surface area contributed by atoms with Crippen LogP contribution in [0.2, 0.25) is 0 Å². The van der Waals surface area contributed by atoms with Crippen molar-refractivity contribution >= 4 is 5.91 Å². The van der Waals surface area contributed by atoms with Gasteiger partial charge in [-0.15, -0.1) is 0 Å². The molecule has 0 heterocycles. The maximum absolute atomic E-state index is 12.5. The average molecular weight is 300 g/mol. The first-order chi connectivity index (χ1) is 9.78. The third-order valence-corrected chi connectivity index (χ3v) is 4.27. The summed E-state index contributed by atoms with van der Waals surface area (Å²) < 4.78 is 37.5. The monoisotopic (exact) mass is 300 g/mol. The molecule has 1 aromatic carbocycles. The molecule has 0 spiro atoms. The summed E-state index contributed by atoms with van der Waals surface area (Å²) >= 11 is 0. The molecular formula is C15H19F3N2O. The molecule has 0 bridgehead atoms. The van der Waals surface area contributed by atoms with E-state index in [4.69, 9.17) is 5.73 Å². The van der Waals surface area contributed by atoms with Crippen molar-refractivity contribution in [2.45, 2.75) is 38.4 Å². The third-order valence-electron chi connectivity index (χ3n) is 4.27. The molecule has 3 N–H and O–H groups in total. The van der Waals surface area contributed by atoms with E-state index in [0.29, 0.717) is 12.1 Å². The van der Waals surface area contributed by atoms with Crippen LogP contribution < -0.4 is 11.1 Å². The Labute approximate surface area is 121 Å². The number of nitrogens with one attached hydrogen (secondary N) is 1. The molecule has 1 unspecified atom stereocenters. The first-order valence-electron chi connectivity index (χ1n) is 6.97. The summed E-state index contributed by atoms with van der Waals surface area (Å²) in [4.78, 5) is 12.2. The fraction of sp³-hybridized carbons (Fsp3) is 0.533. The first-order valence-corrected chi connectivity index (χ1v) is 6.97. The molecule has 1 atom stereocenters. The number of hydrogen-bond donors (Lipinski definition) is 2. The van der Waals surface area contributed by atoms with Crippen LogP contribution in [0.3, 0.4) is 0 Å². The van der Waals surface area contributed by atoms with E-state index in [1.165, 1.54) is 12.1 Å². The van der Waals surface area contributed by atoms with Crippen LogP contribution in [0, 0.1) is 5.41 Å². The summed E-state index contributed by atoms with van der Waals surface area (Å²) in [7, 11) is 0. The van der Waals surface area contributed by atoms with Crippen molar-refractivity contribution in [2.24, 2.45) is 11.1 Å². The fourth-order valence-electron chi connectivity index (χ4n) is 2.52. The molecule has 1 amide bonds. The molecule has 0 aliphatic heterocycles. The van der Waals surface area contributed by atoms with Crippen molar-refractivity contribution in [3.8, 4) is 0 Å². The Morgan fingerprint density at radius 1 is 1.33 bits per heavy atom. The van der Waals surface area contributed by atoms with E-state index < -0.39 is 17.2 Å². The second-order valence-corrected chi connectivity index (χ2v) is 5.65. The molecule has 1 aromatic rings. The number of halogens is 3. The molecule has 1 aliphatic carbocycles. The summed E-state index contributed by atoms with van der Waals surface area (Å²) in [5, 5.41) is 2.85. The van der Waals surface area contributed by atoms with Gasteiger partial charge in [0.1, 0.15) is 0 Å².